The van der Waals surface area contributed by atoms with Crippen LogP contribution in [0.1, 0.15) is 0 Å². The first-order valence-electron chi connectivity index (χ1n) is 6.19. The minimum Gasteiger partial charge on any atom is -0.744 e. The van der Waals surface area contributed by atoms with E-state index in [0.717, 1.165) is 27.6 Å². The molecule has 1 aliphatic rings. The third kappa shape index (κ3) is 2.24. The van der Waals surface area contributed by atoms with E-state index < -0.39 is 10.1 Å². The van der Waals surface area contributed by atoms with E-state index in [1.165, 1.54) is 6.07 Å². The number of hydrogen-bond acceptors (Lipinski definition) is 3. The molecule has 0 aromatic heterocycles. The van der Waals surface area contributed by atoms with E-state index in [1.54, 1.807) is 18.2 Å². The summed E-state index contributed by atoms with van der Waals surface area (Å²) >= 11 is 0. The summed E-state index contributed by atoms with van der Waals surface area (Å²) < 4.78 is 34.2. The Morgan fingerprint density at radius 3 is 1.90 bits per heavy atom. The molecule has 3 nitrogen and oxygen atoms in total. The second kappa shape index (κ2) is 5.28. The van der Waals surface area contributed by atoms with Crippen molar-refractivity contribution < 1.29 is 64.4 Å². The first-order chi connectivity index (χ1) is 9.57. The third-order valence-electron chi connectivity index (χ3n) is 3.78. The summed E-state index contributed by atoms with van der Waals surface area (Å²) in [6.45, 7) is 0. The Hall–Kier alpha value is -0.534. The van der Waals surface area contributed by atoms with E-state index >= 15 is 0 Å². The van der Waals surface area contributed by atoms with Crippen LogP contribution in [0.4, 0.5) is 0 Å². The van der Waals surface area contributed by atoms with E-state index in [4.69, 9.17) is 0 Å². The number of benzene rings is 3. The van der Waals surface area contributed by atoms with E-state index in [1.807, 2.05) is 30.3 Å². The van der Waals surface area contributed by atoms with Gasteiger partial charge in [-0.15, -0.1) is 0 Å². The number of fused-ring (bicyclic) bond motifs is 3. The van der Waals surface area contributed by atoms with Crippen molar-refractivity contribution in [3.8, 4) is 22.3 Å². The van der Waals surface area contributed by atoms with Crippen molar-refractivity contribution in [1.82, 2.24) is 0 Å². The Balaban J connectivity index is 0.00000132. The zero-order chi connectivity index (χ0) is 13.9. The van der Waals surface area contributed by atoms with Gasteiger partial charge in [0.1, 0.15) is 10.1 Å². The monoisotopic (exact) mass is 320 g/mol. The van der Waals surface area contributed by atoms with E-state index in [2.05, 4.69) is 0 Å². The Morgan fingerprint density at radius 1 is 0.714 bits per heavy atom. The second-order valence-electron chi connectivity index (χ2n) is 4.84. The van der Waals surface area contributed by atoms with Crippen LogP contribution in [0.3, 0.4) is 0 Å². The molecule has 0 amide bonds. The molecule has 21 heavy (non-hydrogen) atoms. The van der Waals surface area contributed by atoms with Crippen molar-refractivity contribution in [3.05, 3.63) is 54.6 Å². The maximum Gasteiger partial charge on any atom is 1.00 e. The molecule has 0 N–H and O–H groups in total. The molecule has 98 valence electrons. The van der Waals surface area contributed by atoms with Crippen molar-refractivity contribution in [1.29, 1.82) is 0 Å². The molecule has 0 heterocycles. The zero-order valence-corrected chi connectivity index (χ0v) is 15.3. The van der Waals surface area contributed by atoms with Crippen molar-refractivity contribution in [3.63, 3.8) is 0 Å². The first kappa shape index (κ1) is 15.4. The summed E-state index contributed by atoms with van der Waals surface area (Å²) in [5.74, 6) is 0. The fraction of sp³-hybridized carbons (Fsp3) is 0. The van der Waals surface area contributed by atoms with Gasteiger partial charge in [-0.1, -0.05) is 48.5 Å². The Kier molecular flexibility index (Phi) is 3.86. The van der Waals surface area contributed by atoms with Crippen LogP contribution in [0.15, 0.2) is 59.5 Å². The fourth-order valence-corrected chi connectivity index (χ4v) is 3.67. The van der Waals surface area contributed by atoms with E-state index in [-0.39, 0.29) is 56.3 Å². The van der Waals surface area contributed by atoms with Crippen LogP contribution < -0.4 is 51.4 Å². The first-order valence-corrected chi connectivity index (χ1v) is 7.59. The van der Waals surface area contributed by atoms with Gasteiger partial charge in [0.2, 0.25) is 0 Å². The van der Waals surface area contributed by atoms with Gasteiger partial charge >= 0.3 is 51.4 Å². The summed E-state index contributed by atoms with van der Waals surface area (Å²) in [4.78, 5) is -0.147. The van der Waals surface area contributed by atoms with Gasteiger partial charge in [0.05, 0.1) is 4.90 Å². The summed E-state index contributed by atoms with van der Waals surface area (Å²) in [6, 6.07) is 16.5. The Bertz CT molecular complexity index is 949. The fourth-order valence-electron chi connectivity index (χ4n) is 3.00. The largest absolute Gasteiger partial charge is 1.00 e. The molecule has 5 heteroatoms. The quantitative estimate of drug-likeness (QED) is 0.377. The Morgan fingerprint density at radius 2 is 1.29 bits per heavy atom. The van der Waals surface area contributed by atoms with Crippen LogP contribution in [0.2, 0.25) is 0 Å². The third-order valence-corrected chi connectivity index (χ3v) is 4.67. The molecule has 0 unspecified atom stereocenters. The molecule has 3 aromatic carbocycles. The summed E-state index contributed by atoms with van der Waals surface area (Å²) in [7, 11) is -4.47. The molecule has 0 saturated carbocycles. The van der Waals surface area contributed by atoms with Gasteiger partial charge < -0.3 is 4.55 Å². The van der Waals surface area contributed by atoms with Crippen LogP contribution in [-0.2, 0) is 10.1 Å². The Labute approximate surface area is 165 Å². The maximum atomic E-state index is 11.4. The molecular formula is C16H9KO3S. The van der Waals surface area contributed by atoms with Crippen molar-refractivity contribution in [2.24, 2.45) is 0 Å². The van der Waals surface area contributed by atoms with Crippen LogP contribution >= 0.6 is 0 Å². The van der Waals surface area contributed by atoms with Gasteiger partial charge in [-0.2, -0.15) is 0 Å². The average molecular weight is 320 g/mol. The molecule has 0 radical (unpaired) electrons. The molecule has 3 aromatic rings. The van der Waals surface area contributed by atoms with Gasteiger partial charge in [-0.25, -0.2) is 8.42 Å². The zero-order valence-electron chi connectivity index (χ0n) is 11.3. The van der Waals surface area contributed by atoms with Gasteiger partial charge in [0.15, 0.2) is 0 Å². The minimum absolute atomic E-state index is 0. The average Bonchev–Trinajstić information content (AvgIpc) is 2.75. The maximum absolute atomic E-state index is 11.4. The number of rotatable bonds is 1. The van der Waals surface area contributed by atoms with E-state index in [0.29, 0.717) is 5.39 Å². The SMILES string of the molecule is O=S(=O)([O-])c1ccc2c3c(cccc13)-c1ccccc1-2.[K+]. The summed E-state index contributed by atoms with van der Waals surface area (Å²) in [5, 5.41) is 1.36. The molecular weight excluding hydrogens is 311 g/mol. The van der Waals surface area contributed by atoms with Crippen LogP contribution in [0.25, 0.3) is 33.0 Å². The van der Waals surface area contributed by atoms with Crippen molar-refractivity contribution >= 4 is 20.9 Å². The minimum atomic E-state index is -4.47. The van der Waals surface area contributed by atoms with Gasteiger partial charge in [-0.3, -0.25) is 0 Å². The van der Waals surface area contributed by atoms with Crippen molar-refractivity contribution in [2.75, 3.05) is 0 Å². The normalized spacial score (nSPS) is 12.0. The smallest absolute Gasteiger partial charge is 0.744 e. The molecule has 0 bridgehead atoms. The predicted molar refractivity (Wildman–Crippen MR) is 76.3 cm³/mol. The topological polar surface area (TPSA) is 57.2 Å². The van der Waals surface area contributed by atoms with Gasteiger partial charge in [0.25, 0.3) is 0 Å². The summed E-state index contributed by atoms with van der Waals surface area (Å²) in [5.41, 5.74) is 4.12. The van der Waals surface area contributed by atoms with Gasteiger partial charge in [-0.05, 0) is 33.7 Å². The standard InChI is InChI=1S/C16H10O3S.K/c17-20(18,19)15-9-8-13-11-5-2-1-4-10(11)12-6-3-7-14(15)16(12)13;/h1-9H,(H,17,18,19);/q;+1/p-1. The molecule has 4 rings (SSSR count). The van der Waals surface area contributed by atoms with Gasteiger partial charge in [0, 0.05) is 5.39 Å². The molecule has 0 fully saturated rings. The molecule has 0 spiro atoms. The van der Waals surface area contributed by atoms with Crippen molar-refractivity contribution in [2.45, 2.75) is 4.90 Å². The number of hydrogen-bond donors (Lipinski definition) is 0. The molecule has 1 aliphatic carbocycles. The van der Waals surface area contributed by atoms with Crippen LogP contribution in [0, 0.1) is 0 Å². The van der Waals surface area contributed by atoms with Crippen LogP contribution in [-0.4, -0.2) is 13.0 Å². The molecule has 0 atom stereocenters. The van der Waals surface area contributed by atoms with Crippen LogP contribution in [0.5, 0.6) is 0 Å². The molecule has 0 aliphatic heterocycles. The summed E-state index contributed by atoms with van der Waals surface area (Å²) in [6.07, 6.45) is 0. The molecule has 0 saturated heterocycles. The second-order valence-corrected chi connectivity index (χ2v) is 6.19. The predicted octanol–water partition coefficient (Wildman–Crippen LogP) is 0.395. The van der Waals surface area contributed by atoms with E-state index in [9.17, 15) is 13.0 Å².